The van der Waals surface area contributed by atoms with Gasteiger partial charge < -0.3 is 10.2 Å². The molecule has 0 amide bonds. The van der Waals surface area contributed by atoms with Gasteiger partial charge in [-0.25, -0.2) is 13.1 Å². The van der Waals surface area contributed by atoms with E-state index in [0.29, 0.717) is 19.3 Å². The van der Waals surface area contributed by atoms with E-state index in [1.165, 1.54) is 0 Å². The summed E-state index contributed by atoms with van der Waals surface area (Å²) in [6.45, 7) is 2.25. The van der Waals surface area contributed by atoms with E-state index in [0.717, 1.165) is 12.8 Å². The third-order valence-electron chi connectivity index (χ3n) is 3.21. The molecule has 0 radical (unpaired) electrons. The van der Waals surface area contributed by atoms with Gasteiger partial charge in [0.25, 0.3) is 0 Å². The molecule has 1 aliphatic rings. The molecule has 6 heteroatoms. The lowest BCUT2D eigenvalue weighted by molar-refractivity contribution is 0.121. The summed E-state index contributed by atoms with van der Waals surface area (Å²) in [5.41, 5.74) is 0. The number of aliphatic hydroxyl groups excluding tert-OH is 2. The molecule has 0 aromatic rings. The van der Waals surface area contributed by atoms with Crippen LogP contribution < -0.4 is 4.72 Å². The van der Waals surface area contributed by atoms with Crippen molar-refractivity contribution >= 4 is 10.0 Å². The number of rotatable bonds is 7. The van der Waals surface area contributed by atoms with Crippen molar-refractivity contribution < 1.29 is 18.6 Å². The SMILES string of the molecule is CCCCCS(=O)(=O)NCC1CC(O)CC1O. The average molecular weight is 265 g/mol. The van der Waals surface area contributed by atoms with Crippen molar-refractivity contribution in [2.24, 2.45) is 5.92 Å². The van der Waals surface area contributed by atoms with Gasteiger partial charge in [-0.2, -0.15) is 0 Å². The quantitative estimate of drug-likeness (QED) is 0.575. The third-order valence-corrected chi connectivity index (χ3v) is 4.65. The Labute approximate surface area is 103 Å². The van der Waals surface area contributed by atoms with Crippen molar-refractivity contribution in [3.05, 3.63) is 0 Å². The normalized spacial score (nSPS) is 29.7. The molecule has 1 aliphatic carbocycles. The van der Waals surface area contributed by atoms with Gasteiger partial charge in [-0.3, -0.25) is 0 Å². The standard InChI is InChI=1S/C11H23NO4S/c1-2-3-4-5-17(15,16)12-8-9-6-10(13)7-11(9)14/h9-14H,2-8H2,1H3. The van der Waals surface area contributed by atoms with Crippen molar-refractivity contribution in [2.45, 2.75) is 51.2 Å². The van der Waals surface area contributed by atoms with Gasteiger partial charge in [-0.15, -0.1) is 0 Å². The second kappa shape index (κ2) is 6.68. The molecule has 0 aromatic heterocycles. The van der Waals surface area contributed by atoms with Crippen LogP contribution in [0.4, 0.5) is 0 Å². The van der Waals surface area contributed by atoms with Crippen molar-refractivity contribution in [3.8, 4) is 0 Å². The molecule has 1 rings (SSSR count). The first-order valence-electron chi connectivity index (χ1n) is 6.28. The summed E-state index contributed by atoms with van der Waals surface area (Å²) >= 11 is 0. The minimum absolute atomic E-state index is 0.145. The fraction of sp³-hybridized carbons (Fsp3) is 1.00. The van der Waals surface area contributed by atoms with Gasteiger partial charge in [0.2, 0.25) is 10.0 Å². The Balaban J connectivity index is 2.29. The Hall–Kier alpha value is -0.170. The molecule has 0 bridgehead atoms. The lowest BCUT2D eigenvalue weighted by atomic mass is 10.1. The molecule has 3 atom stereocenters. The highest BCUT2D eigenvalue weighted by atomic mass is 32.2. The van der Waals surface area contributed by atoms with Gasteiger partial charge >= 0.3 is 0 Å². The number of unbranched alkanes of at least 4 members (excludes halogenated alkanes) is 2. The highest BCUT2D eigenvalue weighted by molar-refractivity contribution is 7.89. The molecular formula is C11H23NO4S. The van der Waals surface area contributed by atoms with E-state index < -0.39 is 22.2 Å². The highest BCUT2D eigenvalue weighted by Crippen LogP contribution is 2.25. The van der Waals surface area contributed by atoms with E-state index >= 15 is 0 Å². The van der Waals surface area contributed by atoms with E-state index in [1.807, 2.05) is 6.92 Å². The first-order chi connectivity index (χ1) is 7.94. The molecule has 17 heavy (non-hydrogen) atoms. The molecule has 0 aromatic carbocycles. The van der Waals surface area contributed by atoms with E-state index in [-0.39, 0.29) is 18.2 Å². The predicted octanol–water partition coefficient (Wildman–Crippen LogP) is 0.228. The zero-order valence-corrected chi connectivity index (χ0v) is 11.1. The third kappa shape index (κ3) is 5.33. The van der Waals surface area contributed by atoms with E-state index in [9.17, 15) is 18.6 Å². The van der Waals surface area contributed by atoms with Gasteiger partial charge in [0.15, 0.2) is 0 Å². The van der Waals surface area contributed by atoms with E-state index in [1.54, 1.807) is 0 Å². The van der Waals surface area contributed by atoms with Crippen molar-refractivity contribution in [1.29, 1.82) is 0 Å². The Morgan fingerprint density at radius 3 is 2.47 bits per heavy atom. The van der Waals surface area contributed by atoms with E-state index in [4.69, 9.17) is 0 Å². The number of sulfonamides is 1. The van der Waals surface area contributed by atoms with Crippen LogP contribution in [0.5, 0.6) is 0 Å². The summed E-state index contributed by atoms with van der Waals surface area (Å²) in [4.78, 5) is 0. The second-order valence-electron chi connectivity index (χ2n) is 4.83. The first kappa shape index (κ1) is 14.9. The molecule has 3 N–H and O–H groups in total. The number of hydrogen-bond acceptors (Lipinski definition) is 4. The van der Waals surface area contributed by atoms with Gasteiger partial charge in [-0.05, 0) is 19.3 Å². The largest absolute Gasteiger partial charge is 0.393 e. The van der Waals surface area contributed by atoms with Crippen LogP contribution in [0.15, 0.2) is 0 Å². The molecular weight excluding hydrogens is 242 g/mol. The zero-order chi connectivity index (χ0) is 12.9. The van der Waals surface area contributed by atoms with Gasteiger partial charge in [0.05, 0.1) is 18.0 Å². The lowest BCUT2D eigenvalue weighted by Crippen LogP contribution is -2.34. The minimum atomic E-state index is -3.22. The van der Waals surface area contributed by atoms with Crippen LogP contribution in [0.25, 0.3) is 0 Å². The molecule has 0 spiro atoms. The maximum atomic E-state index is 11.6. The lowest BCUT2D eigenvalue weighted by Gasteiger charge is -2.14. The molecule has 3 unspecified atom stereocenters. The summed E-state index contributed by atoms with van der Waals surface area (Å²) in [5, 5.41) is 18.9. The predicted molar refractivity (Wildman–Crippen MR) is 66.1 cm³/mol. The summed E-state index contributed by atoms with van der Waals surface area (Å²) in [5.74, 6) is -0.0161. The Morgan fingerprint density at radius 1 is 1.24 bits per heavy atom. The van der Waals surface area contributed by atoms with Gasteiger partial charge in [0.1, 0.15) is 0 Å². The summed E-state index contributed by atoms with van der Waals surface area (Å²) in [7, 11) is -3.22. The molecule has 0 saturated heterocycles. The Morgan fingerprint density at radius 2 is 1.94 bits per heavy atom. The molecule has 1 fully saturated rings. The van der Waals surface area contributed by atoms with Crippen molar-refractivity contribution in [1.82, 2.24) is 4.72 Å². The van der Waals surface area contributed by atoms with Crippen LogP contribution in [0, 0.1) is 5.92 Å². The van der Waals surface area contributed by atoms with Gasteiger partial charge in [-0.1, -0.05) is 19.8 Å². The molecule has 0 heterocycles. The molecule has 5 nitrogen and oxygen atoms in total. The maximum absolute atomic E-state index is 11.6. The fourth-order valence-electron chi connectivity index (χ4n) is 2.14. The zero-order valence-electron chi connectivity index (χ0n) is 10.3. The average Bonchev–Trinajstić information content (AvgIpc) is 2.55. The summed E-state index contributed by atoms with van der Waals surface area (Å²) in [6.07, 6.45) is 2.29. The monoisotopic (exact) mass is 265 g/mol. The maximum Gasteiger partial charge on any atom is 0.211 e. The Kier molecular flexibility index (Phi) is 5.85. The van der Waals surface area contributed by atoms with Crippen LogP contribution in [0.2, 0.25) is 0 Å². The van der Waals surface area contributed by atoms with Crippen LogP contribution in [-0.4, -0.2) is 43.1 Å². The molecule has 102 valence electrons. The topological polar surface area (TPSA) is 86.6 Å². The summed E-state index contributed by atoms with van der Waals surface area (Å²) in [6, 6.07) is 0. The van der Waals surface area contributed by atoms with Gasteiger partial charge in [0, 0.05) is 12.5 Å². The van der Waals surface area contributed by atoms with E-state index in [2.05, 4.69) is 4.72 Å². The number of aliphatic hydroxyl groups is 2. The van der Waals surface area contributed by atoms with Crippen LogP contribution >= 0.6 is 0 Å². The van der Waals surface area contributed by atoms with Crippen LogP contribution in [0.1, 0.15) is 39.0 Å². The minimum Gasteiger partial charge on any atom is -0.393 e. The van der Waals surface area contributed by atoms with Crippen molar-refractivity contribution in [2.75, 3.05) is 12.3 Å². The van der Waals surface area contributed by atoms with Crippen LogP contribution in [-0.2, 0) is 10.0 Å². The number of nitrogens with one attached hydrogen (secondary N) is 1. The second-order valence-corrected chi connectivity index (χ2v) is 6.75. The number of hydrogen-bond donors (Lipinski definition) is 3. The summed E-state index contributed by atoms with van der Waals surface area (Å²) < 4.78 is 25.7. The highest BCUT2D eigenvalue weighted by Gasteiger charge is 2.32. The van der Waals surface area contributed by atoms with Crippen molar-refractivity contribution in [3.63, 3.8) is 0 Å². The first-order valence-corrected chi connectivity index (χ1v) is 7.93. The van der Waals surface area contributed by atoms with Crippen LogP contribution in [0.3, 0.4) is 0 Å². The Bertz CT molecular complexity index is 317. The fourth-order valence-corrected chi connectivity index (χ4v) is 3.34. The molecule has 0 aliphatic heterocycles. The molecule has 1 saturated carbocycles. The smallest absolute Gasteiger partial charge is 0.211 e.